The molecule has 0 aliphatic rings. The molecule has 0 saturated heterocycles. The van der Waals surface area contributed by atoms with Crippen molar-refractivity contribution in [3.05, 3.63) is 127 Å². The zero-order valence-corrected chi connectivity index (χ0v) is 31.4. The molecule has 4 aromatic carbocycles. The molecule has 0 radical (unpaired) electrons. The molecule has 2 amide bonds. The number of carbonyl (C=O) groups excluding carboxylic acids is 2. The highest BCUT2D eigenvalue weighted by Gasteiger charge is 2.37. The van der Waals surface area contributed by atoms with Crippen molar-refractivity contribution in [1.29, 1.82) is 0 Å². The van der Waals surface area contributed by atoms with Crippen LogP contribution in [0.25, 0.3) is 0 Å². The van der Waals surface area contributed by atoms with Gasteiger partial charge in [-0.25, -0.2) is 8.42 Å². The van der Waals surface area contributed by atoms with E-state index in [1.54, 1.807) is 30.3 Å². The van der Waals surface area contributed by atoms with Gasteiger partial charge in [0.05, 0.1) is 22.6 Å². The lowest BCUT2D eigenvalue weighted by molar-refractivity contribution is -0.385. The molecular formula is C36H37Cl3N4O7S. The molecular weight excluding hydrogens is 739 g/mol. The Labute approximate surface area is 312 Å². The minimum absolute atomic E-state index is 0.0495. The van der Waals surface area contributed by atoms with E-state index in [2.05, 4.69) is 5.32 Å². The van der Waals surface area contributed by atoms with E-state index in [-0.39, 0.29) is 51.1 Å². The molecule has 4 aromatic rings. The van der Waals surface area contributed by atoms with E-state index in [1.165, 1.54) is 49.3 Å². The highest BCUT2D eigenvalue weighted by molar-refractivity contribution is 7.92. The Morgan fingerprint density at radius 3 is 2.24 bits per heavy atom. The Balaban J connectivity index is 1.93. The summed E-state index contributed by atoms with van der Waals surface area (Å²) < 4.78 is 35.3. The molecule has 11 nitrogen and oxygen atoms in total. The molecule has 0 aliphatic heterocycles. The van der Waals surface area contributed by atoms with Crippen molar-refractivity contribution < 1.29 is 27.7 Å². The number of nitro groups is 1. The van der Waals surface area contributed by atoms with Gasteiger partial charge >= 0.3 is 0 Å². The number of halogens is 3. The van der Waals surface area contributed by atoms with E-state index in [0.717, 1.165) is 15.9 Å². The number of amides is 2. The predicted molar refractivity (Wildman–Crippen MR) is 199 cm³/mol. The monoisotopic (exact) mass is 774 g/mol. The number of hydrogen-bond donors (Lipinski definition) is 1. The van der Waals surface area contributed by atoms with E-state index in [4.69, 9.17) is 39.5 Å². The number of carbonyl (C=O) groups is 2. The van der Waals surface area contributed by atoms with Gasteiger partial charge in [-0.3, -0.25) is 24.0 Å². The molecule has 1 N–H and O–H groups in total. The number of sulfonamides is 1. The fraction of sp³-hybridized carbons (Fsp3) is 0.278. The van der Waals surface area contributed by atoms with Gasteiger partial charge in [0.1, 0.15) is 18.3 Å². The van der Waals surface area contributed by atoms with Crippen LogP contribution in [0, 0.1) is 17.0 Å². The third kappa shape index (κ3) is 9.50. The predicted octanol–water partition coefficient (Wildman–Crippen LogP) is 7.62. The standard InChI is InChI=1S/C36H37Cl3N4O7S/c1-5-24(3)40-36(45)33(18-25-10-7-6-8-11-25)41(21-28-29(38)12-9-13-30(28)39)35(44)22-42(32-19-26(37)15-17-34(32)50-4)51(48,49)27-16-14-23(2)31(20-27)43(46)47/h6-17,19-20,24,33H,5,18,21-22H2,1-4H3,(H,40,45). The highest BCUT2D eigenvalue weighted by atomic mass is 35.5. The number of ether oxygens (including phenoxy) is 1. The Bertz CT molecular complexity index is 2000. The van der Waals surface area contributed by atoms with Gasteiger partial charge in [0.2, 0.25) is 11.8 Å². The minimum Gasteiger partial charge on any atom is -0.495 e. The van der Waals surface area contributed by atoms with Gasteiger partial charge in [0.25, 0.3) is 15.7 Å². The van der Waals surface area contributed by atoms with Crippen LogP contribution in [-0.2, 0) is 32.6 Å². The van der Waals surface area contributed by atoms with Crippen LogP contribution in [0.3, 0.4) is 0 Å². The summed E-state index contributed by atoms with van der Waals surface area (Å²) in [6, 6.07) is 20.1. The van der Waals surface area contributed by atoms with Crippen LogP contribution in [0.15, 0.2) is 89.8 Å². The largest absolute Gasteiger partial charge is 0.495 e. The SMILES string of the molecule is CCC(C)NC(=O)C(Cc1ccccc1)N(Cc1c(Cl)cccc1Cl)C(=O)CN(c1cc(Cl)ccc1OC)S(=O)(=O)c1ccc(C)c([N+](=O)[O-])c1. The Kier molecular flexibility index (Phi) is 13.3. The fourth-order valence-corrected chi connectivity index (χ4v) is 7.41. The zero-order chi connectivity index (χ0) is 37.5. The summed E-state index contributed by atoms with van der Waals surface area (Å²) >= 11 is 19.5. The summed E-state index contributed by atoms with van der Waals surface area (Å²) in [6.07, 6.45) is 0.672. The summed E-state index contributed by atoms with van der Waals surface area (Å²) in [5.74, 6) is -1.24. The fourth-order valence-electron chi connectivity index (χ4n) is 5.29. The molecule has 4 rings (SSSR count). The van der Waals surface area contributed by atoms with Crippen LogP contribution in [0.4, 0.5) is 11.4 Å². The van der Waals surface area contributed by atoms with E-state index < -0.39 is 49.9 Å². The number of nitro benzene ring substituents is 1. The molecule has 0 bridgehead atoms. The summed E-state index contributed by atoms with van der Waals surface area (Å²) in [5.41, 5.74) is 0.770. The maximum atomic E-state index is 14.8. The first-order valence-electron chi connectivity index (χ1n) is 15.9. The van der Waals surface area contributed by atoms with Crippen LogP contribution in [-0.4, -0.2) is 55.8 Å². The summed E-state index contributed by atoms with van der Waals surface area (Å²) in [5, 5.41) is 15.4. The average molecular weight is 776 g/mol. The van der Waals surface area contributed by atoms with E-state index >= 15 is 0 Å². The normalized spacial score (nSPS) is 12.5. The van der Waals surface area contributed by atoms with Crippen LogP contribution in [0.1, 0.15) is 37.0 Å². The van der Waals surface area contributed by atoms with Gasteiger partial charge in [-0.2, -0.15) is 0 Å². The topological polar surface area (TPSA) is 139 Å². The van der Waals surface area contributed by atoms with Crippen molar-refractivity contribution in [3.8, 4) is 5.75 Å². The molecule has 2 unspecified atom stereocenters. The van der Waals surface area contributed by atoms with Crippen molar-refractivity contribution in [3.63, 3.8) is 0 Å². The van der Waals surface area contributed by atoms with E-state index in [9.17, 15) is 28.1 Å². The molecule has 0 fully saturated rings. The number of aryl methyl sites for hydroxylation is 1. The lowest BCUT2D eigenvalue weighted by Crippen LogP contribution is -2.54. The van der Waals surface area contributed by atoms with Crippen molar-refractivity contribution in [2.24, 2.45) is 0 Å². The number of hydrogen-bond acceptors (Lipinski definition) is 7. The van der Waals surface area contributed by atoms with Crippen LogP contribution in [0.2, 0.25) is 15.1 Å². The summed E-state index contributed by atoms with van der Waals surface area (Å²) in [4.78, 5) is 40.8. The molecule has 0 spiro atoms. The molecule has 51 heavy (non-hydrogen) atoms. The number of benzene rings is 4. The summed E-state index contributed by atoms with van der Waals surface area (Å²) in [6.45, 7) is 4.07. The third-order valence-electron chi connectivity index (χ3n) is 8.32. The Hall–Kier alpha value is -4.36. The van der Waals surface area contributed by atoms with Crippen molar-refractivity contribution in [2.75, 3.05) is 18.0 Å². The van der Waals surface area contributed by atoms with Gasteiger partial charge in [0.15, 0.2) is 0 Å². The summed E-state index contributed by atoms with van der Waals surface area (Å²) in [7, 11) is -3.42. The smallest absolute Gasteiger partial charge is 0.273 e. The quantitative estimate of drug-likeness (QED) is 0.0969. The lowest BCUT2D eigenvalue weighted by Gasteiger charge is -2.35. The van der Waals surface area contributed by atoms with Crippen LogP contribution < -0.4 is 14.4 Å². The maximum absolute atomic E-state index is 14.8. The minimum atomic E-state index is -4.73. The number of anilines is 1. The Morgan fingerprint density at radius 2 is 1.63 bits per heavy atom. The lowest BCUT2D eigenvalue weighted by atomic mass is 10.0. The second kappa shape index (κ2) is 17.2. The van der Waals surface area contributed by atoms with Gasteiger partial charge in [-0.05, 0) is 62.2 Å². The number of nitrogens with one attached hydrogen (secondary N) is 1. The molecule has 270 valence electrons. The second-order valence-corrected chi connectivity index (χ2v) is 14.9. The average Bonchev–Trinajstić information content (AvgIpc) is 3.09. The maximum Gasteiger partial charge on any atom is 0.273 e. The third-order valence-corrected chi connectivity index (χ3v) is 11.0. The van der Waals surface area contributed by atoms with Crippen molar-refractivity contribution in [1.82, 2.24) is 10.2 Å². The first-order valence-corrected chi connectivity index (χ1v) is 18.4. The Morgan fingerprint density at radius 1 is 0.961 bits per heavy atom. The molecule has 0 saturated carbocycles. The van der Waals surface area contributed by atoms with E-state index in [0.29, 0.717) is 12.0 Å². The van der Waals surface area contributed by atoms with Crippen molar-refractivity contribution >= 4 is 68.0 Å². The van der Waals surface area contributed by atoms with Crippen LogP contribution >= 0.6 is 34.8 Å². The van der Waals surface area contributed by atoms with E-state index in [1.807, 2.05) is 32.0 Å². The molecule has 2 atom stereocenters. The van der Waals surface area contributed by atoms with Crippen LogP contribution in [0.5, 0.6) is 5.75 Å². The molecule has 0 aromatic heterocycles. The zero-order valence-electron chi connectivity index (χ0n) is 28.3. The highest BCUT2D eigenvalue weighted by Crippen LogP contribution is 2.36. The van der Waals surface area contributed by atoms with Gasteiger partial charge in [-0.15, -0.1) is 0 Å². The van der Waals surface area contributed by atoms with Gasteiger partial charge in [-0.1, -0.05) is 84.2 Å². The second-order valence-electron chi connectivity index (χ2n) is 11.8. The first kappa shape index (κ1) is 39.4. The number of methoxy groups -OCH3 is 1. The molecule has 0 aliphatic carbocycles. The number of rotatable bonds is 15. The number of nitrogens with zero attached hydrogens (tertiary/aromatic N) is 3. The van der Waals surface area contributed by atoms with Crippen molar-refractivity contribution in [2.45, 2.75) is 57.1 Å². The molecule has 0 heterocycles. The molecule has 15 heteroatoms. The van der Waals surface area contributed by atoms with Gasteiger partial charge in [0, 0.05) is 51.3 Å². The first-order chi connectivity index (χ1) is 24.2. The van der Waals surface area contributed by atoms with Gasteiger partial charge < -0.3 is 15.0 Å².